The maximum atomic E-state index is 13.2. The lowest BCUT2D eigenvalue weighted by Crippen LogP contribution is -2.41. The number of carbonyl (C=O) groups is 2. The van der Waals surface area contributed by atoms with Gasteiger partial charge in [-0.3, -0.25) is 9.69 Å². The molecule has 6 nitrogen and oxygen atoms in total. The van der Waals surface area contributed by atoms with E-state index in [0.29, 0.717) is 12.2 Å². The van der Waals surface area contributed by atoms with Crippen molar-refractivity contribution in [3.8, 4) is 11.1 Å². The zero-order valence-electron chi connectivity index (χ0n) is 23.7. The van der Waals surface area contributed by atoms with Crippen molar-refractivity contribution >= 4 is 23.3 Å². The molecule has 1 saturated heterocycles. The third kappa shape index (κ3) is 6.67. The molecule has 5 rings (SSSR count). The van der Waals surface area contributed by atoms with Crippen LogP contribution in [-0.2, 0) is 9.53 Å². The summed E-state index contributed by atoms with van der Waals surface area (Å²) in [6.07, 6.45) is 1.74. The van der Waals surface area contributed by atoms with Crippen LogP contribution in [0.25, 0.3) is 11.1 Å². The molecule has 0 spiro atoms. The highest BCUT2D eigenvalue weighted by atomic mass is 16.5. The minimum Gasteiger partial charge on any atom is -0.464 e. The first-order valence-electron chi connectivity index (χ1n) is 14.3. The van der Waals surface area contributed by atoms with Gasteiger partial charge in [0.2, 0.25) is 0 Å². The molecule has 210 valence electrons. The summed E-state index contributed by atoms with van der Waals surface area (Å²) in [6, 6.07) is 35.2. The summed E-state index contributed by atoms with van der Waals surface area (Å²) >= 11 is 0. The SMILES string of the molecule is CCCOC(=O)C(c1ccccc1)N(C)C1CCN(c2ccc(NC(=O)c3ccccc3-c3ccccc3)cc2)C1. The average molecular weight is 548 g/mol. The molecule has 4 aromatic carbocycles. The van der Waals surface area contributed by atoms with E-state index in [0.717, 1.165) is 54.0 Å². The van der Waals surface area contributed by atoms with E-state index in [9.17, 15) is 9.59 Å². The third-order valence-electron chi connectivity index (χ3n) is 7.68. The summed E-state index contributed by atoms with van der Waals surface area (Å²) < 4.78 is 5.58. The van der Waals surface area contributed by atoms with Crippen molar-refractivity contribution in [1.82, 2.24) is 4.90 Å². The van der Waals surface area contributed by atoms with Crippen LogP contribution in [-0.4, -0.2) is 49.6 Å². The molecule has 1 fully saturated rings. The van der Waals surface area contributed by atoms with Crippen LogP contribution >= 0.6 is 0 Å². The second kappa shape index (κ2) is 13.3. The maximum absolute atomic E-state index is 13.2. The fourth-order valence-corrected chi connectivity index (χ4v) is 5.48. The van der Waals surface area contributed by atoms with Crippen molar-refractivity contribution in [3.05, 3.63) is 120 Å². The Balaban J connectivity index is 1.24. The van der Waals surface area contributed by atoms with Gasteiger partial charge in [-0.2, -0.15) is 0 Å². The summed E-state index contributed by atoms with van der Waals surface area (Å²) in [7, 11) is 2.02. The van der Waals surface area contributed by atoms with E-state index in [1.54, 1.807) is 0 Å². The number of nitrogens with zero attached hydrogens (tertiary/aromatic N) is 2. The predicted octanol–water partition coefficient (Wildman–Crippen LogP) is 6.81. The molecule has 1 N–H and O–H groups in total. The first-order valence-corrected chi connectivity index (χ1v) is 14.3. The number of esters is 1. The molecule has 6 heteroatoms. The molecule has 1 aliphatic rings. The molecular formula is C35H37N3O3. The molecule has 41 heavy (non-hydrogen) atoms. The molecule has 0 saturated carbocycles. The largest absolute Gasteiger partial charge is 0.464 e. The van der Waals surface area contributed by atoms with Gasteiger partial charge in [-0.15, -0.1) is 0 Å². The lowest BCUT2D eigenvalue weighted by Gasteiger charge is -2.32. The Morgan fingerprint density at radius 2 is 1.56 bits per heavy atom. The molecule has 1 heterocycles. The number of amides is 1. The molecule has 0 aliphatic carbocycles. The van der Waals surface area contributed by atoms with Crippen molar-refractivity contribution in [2.24, 2.45) is 0 Å². The van der Waals surface area contributed by atoms with Gasteiger partial charge >= 0.3 is 5.97 Å². The molecule has 2 unspecified atom stereocenters. The second-order valence-corrected chi connectivity index (χ2v) is 10.4. The van der Waals surface area contributed by atoms with E-state index in [1.807, 2.05) is 123 Å². The van der Waals surface area contributed by atoms with Crippen molar-refractivity contribution in [1.29, 1.82) is 0 Å². The highest BCUT2D eigenvalue weighted by Gasteiger charge is 2.35. The Morgan fingerprint density at radius 3 is 2.27 bits per heavy atom. The smallest absolute Gasteiger partial charge is 0.328 e. The van der Waals surface area contributed by atoms with E-state index in [1.165, 1.54) is 0 Å². The van der Waals surface area contributed by atoms with Gasteiger partial charge in [0, 0.05) is 36.1 Å². The van der Waals surface area contributed by atoms with Crippen molar-refractivity contribution in [3.63, 3.8) is 0 Å². The van der Waals surface area contributed by atoms with Gasteiger partial charge in [-0.25, -0.2) is 4.79 Å². The van der Waals surface area contributed by atoms with Gasteiger partial charge in [-0.1, -0.05) is 85.8 Å². The molecule has 1 amide bonds. The first kappa shape index (κ1) is 28.1. The summed E-state index contributed by atoms with van der Waals surface area (Å²) in [5, 5.41) is 3.06. The number of benzene rings is 4. The van der Waals surface area contributed by atoms with Crippen LogP contribution in [0.15, 0.2) is 109 Å². The molecule has 0 radical (unpaired) electrons. The Kier molecular flexibility index (Phi) is 9.12. The van der Waals surface area contributed by atoms with Crippen LogP contribution in [0.3, 0.4) is 0 Å². The summed E-state index contributed by atoms with van der Waals surface area (Å²) in [5.74, 6) is -0.338. The van der Waals surface area contributed by atoms with Crippen LogP contribution in [0, 0.1) is 0 Å². The minimum atomic E-state index is -0.441. The van der Waals surface area contributed by atoms with Crippen LogP contribution in [0.5, 0.6) is 0 Å². The lowest BCUT2D eigenvalue weighted by molar-refractivity contribution is -0.150. The van der Waals surface area contributed by atoms with Crippen molar-refractivity contribution in [2.75, 3.05) is 37.0 Å². The van der Waals surface area contributed by atoms with Crippen LogP contribution < -0.4 is 10.2 Å². The van der Waals surface area contributed by atoms with Gasteiger partial charge in [0.05, 0.1) is 6.61 Å². The standard InChI is InChI=1S/C35H37N3O3/c1-3-24-41-35(40)33(27-14-8-5-9-15-27)37(2)30-22-23-38(25-30)29-20-18-28(19-21-29)36-34(39)32-17-11-10-16-31(32)26-12-6-4-7-13-26/h4-21,30,33H,3,22-25H2,1-2H3,(H,36,39). The number of nitrogens with one attached hydrogen (secondary N) is 1. The molecule has 0 bridgehead atoms. The lowest BCUT2D eigenvalue weighted by atomic mass is 9.99. The molecule has 4 aromatic rings. The Hall–Kier alpha value is -4.42. The first-order chi connectivity index (χ1) is 20.0. The second-order valence-electron chi connectivity index (χ2n) is 10.4. The van der Waals surface area contributed by atoms with Gasteiger partial charge in [0.1, 0.15) is 6.04 Å². The van der Waals surface area contributed by atoms with Crippen molar-refractivity contribution in [2.45, 2.75) is 31.8 Å². The fraction of sp³-hybridized carbons (Fsp3) is 0.257. The number of carbonyl (C=O) groups excluding carboxylic acids is 2. The van der Waals surface area contributed by atoms with Crippen molar-refractivity contribution < 1.29 is 14.3 Å². The van der Waals surface area contributed by atoms with Gasteiger partial charge in [-0.05, 0) is 66.9 Å². The molecule has 2 atom stereocenters. The van der Waals surface area contributed by atoms with Crippen LogP contribution in [0.2, 0.25) is 0 Å². The third-order valence-corrected chi connectivity index (χ3v) is 7.68. The molecule has 1 aliphatic heterocycles. The summed E-state index contributed by atoms with van der Waals surface area (Å²) in [5.41, 5.74) is 5.34. The highest BCUT2D eigenvalue weighted by molar-refractivity contribution is 6.08. The zero-order chi connectivity index (χ0) is 28.6. The average Bonchev–Trinajstić information content (AvgIpc) is 3.52. The van der Waals surface area contributed by atoms with E-state index >= 15 is 0 Å². The highest BCUT2D eigenvalue weighted by Crippen LogP contribution is 2.30. The number of rotatable bonds is 10. The molecule has 0 aromatic heterocycles. The van der Waals surface area contributed by atoms with E-state index < -0.39 is 6.04 Å². The topological polar surface area (TPSA) is 61.9 Å². The number of hydrogen-bond donors (Lipinski definition) is 1. The zero-order valence-corrected chi connectivity index (χ0v) is 23.7. The Bertz CT molecular complexity index is 1440. The van der Waals surface area contributed by atoms with E-state index in [2.05, 4.69) is 15.1 Å². The number of ether oxygens (including phenoxy) is 1. The monoisotopic (exact) mass is 547 g/mol. The fourth-order valence-electron chi connectivity index (χ4n) is 5.48. The summed E-state index contributed by atoms with van der Waals surface area (Å²) in [4.78, 5) is 30.8. The minimum absolute atomic E-state index is 0.137. The quantitative estimate of drug-likeness (QED) is 0.221. The van der Waals surface area contributed by atoms with Gasteiger partial charge < -0.3 is 15.0 Å². The molecular weight excluding hydrogens is 510 g/mol. The number of hydrogen-bond acceptors (Lipinski definition) is 5. The maximum Gasteiger partial charge on any atom is 0.328 e. The number of likely N-dealkylation sites (N-methyl/N-ethyl adjacent to an activating group) is 1. The van der Waals surface area contributed by atoms with E-state index in [-0.39, 0.29) is 17.9 Å². The Morgan fingerprint density at radius 1 is 0.902 bits per heavy atom. The van der Waals surface area contributed by atoms with E-state index in [4.69, 9.17) is 4.74 Å². The van der Waals surface area contributed by atoms with Crippen LogP contribution in [0.4, 0.5) is 11.4 Å². The summed E-state index contributed by atoms with van der Waals surface area (Å²) in [6.45, 7) is 4.12. The van der Waals surface area contributed by atoms with Gasteiger partial charge in [0.25, 0.3) is 5.91 Å². The van der Waals surface area contributed by atoms with Gasteiger partial charge in [0.15, 0.2) is 0 Å². The predicted molar refractivity (Wildman–Crippen MR) is 165 cm³/mol. The Labute approximate surface area is 242 Å². The van der Waals surface area contributed by atoms with Crippen LogP contribution in [0.1, 0.15) is 41.7 Å². The normalized spacial score (nSPS) is 15.5. The number of anilines is 2.